The van der Waals surface area contributed by atoms with Gasteiger partial charge in [0.05, 0.1) is 28.6 Å². The molecular formula is C15H19N5. The Hall–Kier alpha value is -2.14. The van der Waals surface area contributed by atoms with Crippen LogP contribution in [0.1, 0.15) is 23.1 Å². The number of aryl methyl sites for hydroxylation is 3. The second-order valence-electron chi connectivity index (χ2n) is 5.23. The van der Waals surface area contributed by atoms with E-state index in [0.29, 0.717) is 6.42 Å². The molecule has 2 heterocycles. The zero-order chi connectivity index (χ0) is 14.3. The van der Waals surface area contributed by atoms with Crippen molar-refractivity contribution in [2.45, 2.75) is 19.4 Å². The van der Waals surface area contributed by atoms with E-state index in [2.05, 4.69) is 22.3 Å². The first-order chi connectivity index (χ1) is 9.56. The van der Waals surface area contributed by atoms with Crippen LogP contribution in [-0.2, 0) is 20.5 Å². The fourth-order valence-corrected chi connectivity index (χ4v) is 2.73. The quantitative estimate of drug-likeness (QED) is 0.789. The Bertz CT molecular complexity index is 753. The summed E-state index contributed by atoms with van der Waals surface area (Å²) >= 11 is 0. The molecule has 0 spiro atoms. The van der Waals surface area contributed by atoms with Gasteiger partial charge in [-0.1, -0.05) is 18.2 Å². The van der Waals surface area contributed by atoms with Crippen molar-refractivity contribution < 1.29 is 0 Å². The highest BCUT2D eigenvalue weighted by Gasteiger charge is 2.16. The monoisotopic (exact) mass is 269 g/mol. The number of aromatic nitrogens is 4. The SMILES string of the molecule is Cc1cc(C(N)Cc2nn(C)c3ccccc23)n(C)n1. The molecule has 5 heteroatoms. The molecule has 0 aliphatic carbocycles. The number of nitrogens with two attached hydrogens (primary N) is 1. The molecule has 0 aliphatic rings. The van der Waals surface area contributed by atoms with E-state index >= 15 is 0 Å². The lowest BCUT2D eigenvalue weighted by Crippen LogP contribution is -2.17. The van der Waals surface area contributed by atoms with Crippen molar-refractivity contribution >= 4 is 10.9 Å². The summed E-state index contributed by atoms with van der Waals surface area (Å²) in [6.07, 6.45) is 0.709. The minimum absolute atomic E-state index is 0.0977. The van der Waals surface area contributed by atoms with Gasteiger partial charge in [0.25, 0.3) is 0 Å². The van der Waals surface area contributed by atoms with Crippen LogP contribution >= 0.6 is 0 Å². The van der Waals surface area contributed by atoms with Gasteiger partial charge in [-0.05, 0) is 19.1 Å². The lowest BCUT2D eigenvalue weighted by atomic mass is 10.1. The molecule has 0 aliphatic heterocycles. The summed E-state index contributed by atoms with van der Waals surface area (Å²) in [5.74, 6) is 0. The predicted molar refractivity (Wildman–Crippen MR) is 79.3 cm³/mol. The summed E-state index contributed by atoms with van der Waals surface area (Å²) in [4.78, 5) is 0. The van der Waals surface area contributed by atoms with E-state index in [1.54, 1.807) is 0 Å². The van der Waals surface area contributed by atoms with E-state index in [-0.39, 0.29) is 6.04 Å². The van der Waals surface area contributed by atoms with Crippen LogP contribution in [0.4, 0.5) is 0 Å². The standard InChI is InChI=1S/C15H19N5/c1-10-8-15(20(3)17-10)12(16)9-13-11-6-4-5-7-14(11)19(2)18-13/h4-8,12H,9,16H2,1-3H3. The minimum atomic E-state index is -0.0977. The third kappa shape index (κ3) is 2.10. The van der Waals surface area contributed by atoms with Gasteiger partial charge < -0.3 is 5.73 Å². The van der Waals surface area contributed by atoms with Gasteiger partial charge in [0, 0.05) is 25.9 Å². The molecule has 104 valence electrons. The Morgan fingerprint density at radius 3 is 2.60 bits per heavy atom. The van der Waals surface area contributed by atoms with Crippen LogP contribution in [0.15, 0.2) is 30.3 Å². The molecule has 3 aromatic rings. The summed E-state index contributed by atoms with van der Waals surface area (Å²) in [6.45, 7) is 1.98. The van der Waals surface area contributed by atoms with Gasteiger partial charge in [-0.15, -0.1) is 0 Å². The number of rotatable bonds is 3. The lowest BCUT2D eigenvalue weighted by molar-refractivity contribution is 0.605. The topological polar surface area (TPSA) is 61.7 Å². The second-order valence-corrected chi connectivity index (χ2v) is 5.23. The van der Waals surface area contributed by atoms with Crippen molar-refractivity contribution in [3.05, 3.63) is 47.4 Å². The van der Waals surface area contributed by atoms with E-state index in [9.17, 15) is 0 Å². The molecule has 20 heavy (non-hydrogen) atoms. The highest BCUT2D eigenvalue weighted by Crippen LogP contribution is 2.22. The zero-order valence-corrected chi connectivity index (χ0v) is 12.0. The van der Waals surface area contributed by atoms with Crippen molar-refractivity contribution in [1.82, 2.24) is 19.6 Å². The largest absolute Gasteiger partial charge is 0.322 e. The van der Waals surface area contributed by atoms with Crippen LogP contribution < -0.4 is 5.73 Å². The molecule has 1 aromatic carbocycles. The van der Waals surface area contributed by atoms with Gasteiger partial charge >= 0.3 is 0 Å². The molecule has 2 aromatic heterocycles. The molecule has 1 atom stereocenters. The Morgan fingerprint density at radius 2 is 1.90 bits per heavy atom. The molecular weight excluding hydrogens is 250 g/mol. The van der Waals surface area contributed by atoms with Crippen LogP contribution in [0.2, 0.25) is 0 Å². The van der Waals surface area contributed by atoms with E-state index < -0.39 is 0 Å². The molecule has 0 saturated heterocycles. The molecule has 0 amide bonds. The van der Waals surface area contributed by atoms with Gasteiger partial charge in [-0.2, -0.15) is 10.2 Å². The highest BCUT2D eigenvalue weighted by molar-refractivity contribution is 5.81. The zero-order valence-electron chi connectivity index (χ0n) is 12.0. The maximum Gasteiger partial charge on any atom is 0.0722 e. The molecule has 0 radical (unpaired) electrons. The molecule has 3 rings (SSSR count). The van der Waals surface area contributed by atoms with Gasteiger partial charge in [-0.3, -0.25) is 9.36 Å². The van der Waals surface area contributed by atoms with Crippen molar-refractivity contribution in [2.75, 3.05) is 0 Å². The number of nitrogens with zero attached hydrogens (tertiary/aromatic N) is 4. The summed E-state index contributed by atoms with van der Waals surface area (Å²) in [6, 6.07) is 10.2. The van der Waals surface area contributed by atoms with Crippen molar-refractivity contribution in [3.8, 4) is 0 Å². The lowest BCUT2D eigenvalue weighted by Gasteiger charge is -2.10. The van der Waals surface area contributed by atoms with Crippen LogP contribution in [0.25, 0.3) is 10.9 Å². The average molecular weight is 269 g/mol. The predicted octanol–water partition coefficient (Wildman–Crippen LogP) is 1.86. The molecule has 0 bridgehead atoms. The van der Waals surface area contributed by atoms with Gasteiger partial charge in [0.15, 0.2) is 0 Å². The normalized spacial score (nSPS) is 13.0. The Labute approximate surface area is 118 Å². The molecule has 1 unspecified atom stereocenters. The maximum atomic E-state index is 6.33. The van der Waals surface area contributed by atoms with E-state index in [0.717, 1.165) is 22.6 Å². The van der Waals surface area contributed by atoms with E-state index in [1.165, 1.54) is 5.39 Å². The third-order valence-electron chi connectivity index (χ3n) is 3.67. The van der Waals surface area contributed by atoms with Crippen LogP contribution in [0.3, 0.4) is 0 Å². The Balaban J connectivity index is 1.95. The molecule has 0 fully saturated rings. The van der Waals surface area contributed by atoms with Gasteiger partial charge in [0.2, 0.25) is 0 Å². The van der Waals surface area contributed by atoms with Crippen LogP contribution in [0, 0.1) is 6.92 Å². The van der Waals surface area contributed by atoms with Crippen molar-refractivity contribution in [1.29, 1.82) is 0 Å². The van der Waals surface area contributed by atoms with Crippen LogP contribution in [-0.4, -0.2) is 19.6 Å². The summed E-state index contributed by atoms with van der Waals surface area (Å²) in [7, 11) is 3.89. The Morgan fingerprint density at radius 1 is 1.15 bits per heavy atom. The number of hydrogen-bond acceptors (Lipinski definition) is 3. The number of fused-ring (bicyclic) bond motifs is 1. The maximum absolute atomic E-state index is 6.33. The molecule has 0 saturated carbocycles. The summed E-state index contributed by atoms with van der Waals surface area (Å²) in [5.41, 5.74) is 10.5. The Kier molecular flexibility index (Phi) is 3.06. The van der Waals surface area contributed by atoms with E-state index in [1.807, 2.05) is 48.6 Å². The number of hydrogen-bond donors (Lipinski definition) is 1. The van der Waals surface area contributed by atoms with Crippen LogP contribution in [0.5, 0.6) is 0 Å². The van der Waals surface area contributed by atoms with Crippen molar-refractivity contribution in [2.24, 2.45) is 19.8 Å². The summed E-state index contributed by atoms with van der Waals surface area (Å²) < 4.78 is 3.76. The second kappa shape index (κ2) is 4.76. The van der Waals surface area contributed by atoms with Gasteiger partial charge in [-0.25, -0.2) is 0 Å². The van der Waals surface area contributed by atoms with Crippen molar-refractivity contribution in [3.63, 3.8) is 0 Å². The summed E-state index contributed by atoms with van der Waals surface area (Å²) in [5, 5.41) is 10.1. The average Bonchev–Trinajstić information content (AvgIpc) is 2.91. The molecule has 2 N–H and O–H groups in total. The number of para-hydroxylation sites is 1. The smallest absolute Gasteiger partial charge is 0.0722 e. The minimum Gasteiger partial charge on any atom is -0.322 e. The number of benzene rings is 1. The third-order valence-corrected chi connectivity index (χ3v) is 3.67. The highest BCUT2D eigenvalue weighted by atomic mass is 15.3. The first-order valence-electron chi connectivity index (χ1n) is 6.73. The molecule has 5 nitrogen and oxygen atoms in total. The van der Waals surface area contributed by atoms with Gasteiger partial charge in [0.1, 0.15) is 0 Å². The fraction of sp³-hybridized carbons (Fsp3) is 0.333. The fourth-order valence-electron chi connectivity index (χ4n) is 2.73. The van der Waals surface area contributed by atoms with E-state index in [4.69, 9.17) is 5.73 Å². The first-order valence-corrected chi connectivity index (χ1v) is 6.73. The first kappa shape index (κ1) is 12.9.